The van der Waals surface area contributed by atoms with Gasteiger partial charge in [-0.05, 0) is 31.6 Å². The van der Waals surface area contributed by atoms with E-state index >= 15 is 0 Å². The molecular formula is C24H48. The molecule has 0 rings (SSSR count). The Morgan fingerprint density at radius 3 is 1.29 bits per heavy atom. The van der Waals surface area contributed by atoms with E-state index in [-0.39, 0.29) is 0 Å². The van der Waals surface area contributed by atoms with Gasteiger partial charge in [-0.3, -0.25) is 0 Å². The summed E-state index contributed by atoms with van der Waals surface area (Å²) < 4.78 is 0. The Labute approximate surface area is 154 Å². The summed E-state index contributed by atoms with van der Waals surface area (Å²) in [7, 11) is 0. The largest absolute Gasteiger partial charge is 0.0885 e. The van der Waals surface area contributed by atoms with Crippen LogP contribution in [0, 0.1) is 5.92 Å². The van der Waals surface area contributed by atoms with E-state index < -0.39 is 0 Å². The molecule has 0 saturated carbocycles. The van der Waals surface area contributed by atoms with Crippen molar-refractivity contribution in [3.8, 4) is 0 Å². The van der Waals surface area contributed by atoms with Crippen molar-refractivity contribution >= 4 is 0 Å². The topological polar surface area (TPSA) is 0 Å². The summed E-state index contributed by atoms with van der Waals surface area (Å²) in [6.45, 7) is 6.96. The Hall–Kier alpha value is -0.260. The number of allylic oxidation sites excluding steroid dienone is 2. The van der Waals surface area contributed by atoms with Crippen LogP contribution < -0.4 is 0 Å². The molecule has 0 heterocycles. The molecule has 0 aromatic heterocycles. The van der Waals surface area contributed by atoms with E-state index in [0.717, 1.165) is 5.92 Å². The summed E-state index contributed by atoms with van der Waals surface area (Å²) >= 11 is 0. The van der Waals surface area contributed by atoms with Gasteiger partial charge in [0.25, 0.3) is 0 Å². The number of unbranched alkanes of at least 4 members (excludes halogenated alkanes) is 15. The van der Waals surface area contributed by atoms with Crippen molar-refractivity contribution in [2.45, 2.75) is 136 Å². The molecule has 0 aromatic carbocycles. The lowest BCUT2D eigenvalue weighted by Gasteiger charge is -2.04. The average molecular weight is 337 g/mol. The smallest absolute Gasteiger partial charge is 0.0351 e. The predicted octanol–water partition coefficient (Wildman–Crippen LogP) is 9.24. The lowest BCUT2D eigenvalue weighted by atomic mass is 10.0. The number of hydrogen-bond acceptors (Lipinski definition) is 0. The monoisotopic (exact) mass is 336 g/mol. The van der Waals surface area contributed by atoms with Crippen LogP contribution in [0.5, 0.6) is 0 Å². The third-order valence-corrected chi connectivity index (χ3v) is 5.04. The van der Waals surface area contributed by atoms with Gasteiger partial charge < -0.3 is 0 Å². The van der Waals surface area contributed by atoms with Gasteiger partial charge in [-0.25, -0.2) is 0 Å². The molecule has 0 nitrogen and oxygen atoms in total. The molecule has 0 aliphatic rings. The van der Waals surface area contributed by atoms with Crippen LogP contribution in [0.25, 0.3) is 0 Å². The van der Waals surface area contributed by atoms with Crippen LogP contribution in [-0.4, -0.2) is 0 Å². The first-order valence-corrected chi connectivity index (χ1v) is 11.4. The highest BCUT2D eigenvalue weighted by Gasteiger charge is 1.95. The third-order valence-electron chi connectivity index (χ3n) is 5.04. The maximum Gasteiger partial charge on any atom is -0.0351 e. The fourth-order valence-electron chi connectivity index (χ4n) is 3.33. The lowest BCUT2D eigenvalue weighted by molar-refractivity contribution is 0.507. The van der Waals surface area contributed by atoms with Crippen LogP contribution in [0.1, 0.15) is 136 Å². The second-order valence-electron chi connectivity index (χ2n) is 8.18. The van der Waals surface area contributed by atoms with Gasteiger partial charge in [0.1, 0.15) is 0 Å². The maximum absolute atomic E-state index is 2.43. The van der Waals surface area contributed by atoms with E-state index in [1.807, 2.05) is 0 Å². The molecule has 0 spiro atoms. The zero-order valence-corrected chi connectivity index (χ0v) is 17.5. The van der Waals surface area contributed by atoms with E-state index in [1.165, 1.54) is 116 Å². The molecule has 0 saturated heterocycles. The molecule has 0 N–H and O–H groups in total. The molecule has 0 aliphatic heterocycles. The summed E-state index contributed by atoms with van der Waals surface area (Å²) in [5.74, 6) is 0.892. The van der Waals surface area contributed by atoms with Crippen LogP contribution in [0.2, 0.25) is 0 Å². The minimum absolute atomic E-state index is 0.892. The molecule has 144 valence electrons. The molecular weight excluding hydrogens is 288 g/mol. The van der Waals surface area contributed by atoms with Gasteiger partial charge in [-0.2, -0.15) is 0 Å². The number of rotatable bonds is 19. The highest BCUT2D eigenvalue weighted by Crippen LogP contribution is 2.13. The molecule has 0 bridgehead atoms. The maximum atomic E-state index is 2.43. The van der Waals surface area contributed by atoms with E-state index in [4.69, 9.17) is 0 Å². The first-order valence-electron chi connectivity index (χ1n) is 11.4. The van der Waals surface area contributed by atoms with Gasteiger partial charge in [-0.1, -0.05) is 123 Å². The molecule has 0 aromatic rings. The summed E-state index contributed by atoms with van der Waals surface area (Å²) in [6, 6.07) is 0. The quantitative estimate of drug-likeness (QED) is 0.163. The molecule has 24 heavy (non-hydrogen) atoms. The molecule has 0 aliphatic carbocycles. The molecule has 0 fully saturated rings. The lowest BCUT2D eigenvalue weighted by Crippen LogP contribution is -1.87. The average Bonchev–Trinajstić information content (AvgIpc) is 2.56. The van der Waals surface area contributed by atoms with Gasteiger partial charge in [0.2, 0.25) is 0 Å². The van der Waals surface area contributed by atoms with E-state index in [2.05, 4.69) is 32.9 Å². The second kappa shape index (κ2) is 20.8. The van der Waals surface area contributed by atoms with Crippen molar-refractivity contribution in [2.75, 3.05) is 0 Å². The molecule has 0 amide bonds. The van der Waals surface area contributed by atoms with Gasteiger partial charge in [-0.15, -0.1) is 0 Å². The van der Waals surface area contributed by atoms with Gasteiger partial charge >= 0.3 is 0 Å². The van der Waals surface area contributed by atoms with Crippen LogP contribution in [0.4, 0.5) is 0 Å². The standard InChI is InChI=1S/C24H48/c1-4-5-6-7-8-9-10-11-12-13-14-15-16-17-18-19-20-21-22-23-24(2)3/h12-13,24H,4-11,14-23H2,1-3H3/b13-12-. The fraction of sp³-hybridized carbons (Fsp3) is 0.917. The van der Waals surface area contributed by atoms with E-state index in [9.17, 15) is 0 Å². The Morgan fingerprint density at radius 2 is 0.875 bits per heavy atom. The zero-order valence-electron chi connectivity index (χ0n) is 17.5. The minimum atomic E-state index is 0.892. The first-order chi connectivity index (χ1) is 11.8. The summed E-state index contributed by atoms with van der Waals surface area (Å²) in [4.78, 5) is 0. The van der Waals surface area contributed by atoms with Crippen molar-refractivity contribution in [3.63, 3.8) is 0 Å². The molecule has 0 atom stereocenters. The Morgan fingerprint density at radius 1 is 0.500 bits per heavy atom. The predicted molar refractivity (Wildman–Crippen MR) is 113 cm³/mol. The van der Waals surface area contributed by atoms with Crippen LogP contribution in [0.15, 0.2) is 12.2 Å². The Balaban J connectivity index is 3.06. The van der Waals surface area contributed by atoms with Crippen LogP contribution in [-0.2, 0) is 0 Å². The van der Waals surface area contributed by atoms with E-state index in [0.29, 0.717) is 0 Å². The highest BCUT2D eigenvalue weighted by molar-refractivity contribution is 4.81. The Kier molecular flexibility index (Phi) is 20.6. The Bertz CT molecular complexity index is 238. The zero-order chi connectivity index (χ0) is 17.7. The van der Waals surface area contributed by atoms with Crippen molar-refractivity contribution in [2.24, 2.45) is 5.92 Å². The van der Waals surface area contributed by atoms with Gasteiger partial charge in [0, 0.05) is 0 Å². The van der Waals surface area contributed by atoms with E-state index in [1.54, 1.807) is 0 Å². The third kappa shape index (κ3) is 21.7. The molecule has 0 radical (unpaired) electrons. The SMILES string of the molecule is CCCCCCCCC/C=C\CCCCCCCCCCC(C)C. The van der Waals surface area contributed by atoms with Crippen molar-refractivity contribution in [1.82, 2.24) is 0 Å². The summed E-state index contributed by atoms with van der Waals surface area (Å²) in [5, 5.41) is 0. The molecule has 0 unspecified atom stereocenters. The summed E-state index contributed by atoms with van der Waals surface area (Å²) in [5.41, 5.74) is 0. The minimum Gasteiger partial charge on any atom is -0.0885 e. The second-order valence-corrected chi connectivity index (χ2v) is 8.18. The molecule has 0 heteroatoms. The van der Waals surface area contributed by atoms with Crippen molar-refractivity contribution in [1.29, 1.82) is 0 Å². The summed E-state index contributed by atoms with van der Waals surface area (Å²) in [6.07, 6.45) is 30.5. The van der Waals surface area contributed by atoms with Gasteiger partial charge in [0.15, 0.2) is 0 Å². The first kappa shape index (κ1) is 23.7. The van der Waals surface area contributed by atoms with Gasteiger partial charge in [0.05, 0.1) is 0 Å². The normalized spacial score (nSPS) is 11.8. The van der Waals surface area contributed by atoms with Crippen LogP contribution in [0.3, 0.4) is 0 Å². The highest BCUT2D eigenvalue weighted by atomic mass is 14.0. The fourth-order valence-corrected chi connectivity index (χ4v) is 3.33. The van der Waals surface area contributed by atoms with Crippen molar-refractivity contribution < 1.29 is 0 Å². The van der Waals surface area contributed by atoms with Crippen LogP contribution >= 0.6 is 0 Å². The number of hydrogen-bond donors (Lipinski definition) is 0. The van der Waals surface area contributed by atoms with Crippen molar-refractivity contribution in [3.05, 3.63) is 12.2 Å².